The van der Waals surface area contributed by atoms with Crippen molar-refractivity contribution >= 4 is 11.4 Å². The van der Waals surface area contributed by atoms with Gasteiger partial charge in [-0.2, -0.15) is 4.98 Å². The van der Waals surface area contributed by atoms with Crippen LogP contribution in [0, 0.1) is 23.6 Å². The third-order valence-corrected chi connectivity index (χ3v) is 7.15. The summed E-state index contributed by atoms with van der Waals surface area (Å²) in [4.78, 5) is 17.9. The predicted octanol–water partition coefficient (Wildman–Crippen LogP) is 4.96. The number of pyridine rings is 1. The molecular weight excluding hydrogens is 381 g/mol. The zero-order chi connectivity index (χ0) is 20.3. The molecule has 6 heteroatoms. The third-order valence-electron chi connectivity index (χ3n) is 7.15. The van der Waals surface area contributed by atoms with E-state index in [1.165, 1.54) is 31.4 Å². The van der Waals surface area contributed by atoms with Gasteiger partial charge in [-0.3, -0.25) is 9.20 Å². The molecule has 1 aromatic carbocycles. The maximum absolute atomic E-state index is 13.6. The minimum absolute atomic E-state index is 0.0832. The first kappa shape index (κ1) is 17.9. The molecule has 0 saturated heterocycles. The normalized spacial score (nSPS) is 29.3. The molecule has 4 aliphatic carbocycles. The van der Waals surface area contributed by atoms with Crippen molar-refractivity contribution in [3.8, 4) is 11.8 Å². The monoisotopic (exact) mass is 405 g/mol. The first-order valence-corrected chi connectivity index (χ1v) is 10.8. The molecule has 1 N–H and O–H groups in total. The van der Waals surface area contributed by atoms with Crippen LogP contribution in [0.4, 0.5) is 4.39 Å². The summed E-state index contributed by atoms with van der Waals surface area (Å²) in [6.07, 6.45) is 9.05. The largest absolute Gasteiger partial charge is 0.425 e. The van der Waals surface area contributed by atoms with Crippen LogP contribution in [-0.4, -0.2) is 20.8 Å². The zero-order valence-corrected chi connectivity index (χ0v) is 16.7. The summed E-state index contributed by atoms with van der Waals surface area (Å²) in [5.74, 6) is 2.08. The quantitative estimate of drug-likeness (QED) is 0.667. The number of carbonyl (C=O) groups excluding carboxylic acids is 1. The Hall–Kier alpha value is -2.89. The topological polar surface area (TPSA) is 55.6 Å². The molecule has 4 aliphatic rings. The standard InChI is InChI=1S/C24H24FN3O2/c25-18-4-3-5-19(11-18)30-23-26-21(20-6-1-2-7-28(20)23)22(29)27-24-12-15-8-16(13-24)10-17(9-15)14-24/h1-7,11,15-17H,8-10,12-14H2,(H,27,29). The van der Waals surface area contributed by atoms with Crippen molar-refractivity contribution in [2.24, 2.45) is 17.8 Å². The Balaban J connectivity index is 1.32. The van der Waals surface area contributed by atoms with Gasteiger partial charge in [0.2, 0.25) is 0 Å². The van der Waals surface area contributed by atoms with Gasteiger partial charge in [0.1, 0.15) is 11.6 Å². The number of aromatic nitrogens is 2. The number of hydrogen-bond acceptors (Lipinski definition) is 3. The summed E-state index contributed by atoms with van der Waals surface area (Å²) < 4.78 is 21.1. The number of benzene rings is 1. The van der Waals surface area contributed by atoms with Gasteiger partial charge in [0, 0.05) is 17.8 Å². The number of nitrogens with zero attached hydrogens (tertiary/aromatic N) is 2. The molecule has 0 spiro atoms. The highest BCUT2D eigenvalue weighted by molar-refractivity contribution is 5.99. The van der Waals surface area contributed by atoms with Gasteiger partial charge in [-0.1, -0.05) is 12.1 Å². The van der Waals surface area contributed by atoms with Crippen LogP contribution in [0.15, 0.2) is 48.7 Å². The molecule has 0 unspecified atom stereocenters. The molecule has 4 fully saturated rings. The van der Waals surface area contributed by atoms with Gasteiger partial charge in [0.15, 0.2) is 5.69 Å². The molecule has 5 nitrogen and oxygen atoms in total. The second-order valence-electron chi connectivity index (χ2n) is 9.41. The van der Waals surface area contributed by atoms with Crippen LogP contribution in [0.5, 0.6) is 11.8 Å². The van der Waals surface area contributed by atoms with E-state index in [2.05, 4.69) is 10.3 Å². The minimum atomic E-state index is -0.381. The number of hydrogen-bond donors (Lipinski definition) is 1. The number of imidazole rings is 1. The maximum Gasteiger partial charge on any atom is 0.307 e. The van der Waals surface area contributed by atoms with E-state index in [4.69, 9.17) is 4.74 Å². The highest BCUT2D eigenvalue weighted by atomic mass is 19.1. The third kappa shape index (κ3) is 2.97. The van der Waals surface area contributed by atoms with Crippen molar-refractivity contribution in [3.63, 3.8) is 0 Å². The Morgan fingerprint density at radius 2 is 1.80 bits per heavy atom. The molecule has 3 aromatic rings. The number of amides is 1. The Morgan fingerprint density at radius 1 is 1.07 bits per heavy atom. The molecule has 1 amide bonds. The minimum Gasteiger partial charge on any atom is -0.425 e. The van der Waals surface area contributed by atoms with Crippen LogP contribution in [0.3, 0.4) is 0 Å². The fourth-order valence-corrected chi connectivity index (χ4v) is 6.45. The van der Waals surface area contributed by atoms with E-state index in [1.54, 1.807) is 22.7 Å². The van der Waals surface area contributed by atoms with E-state index >= 15 is 0 Å². The predicted molar refractivity (Wildman–Crippen MR) is 110 cm³/mol. The van der Waals surface area contributed by atoms with Crippen LogP contribution in [0.1, 0.15) is 49.0 Å². The Kier molecular flexibility index (Phi) is 3.92. The van der Waals surface area contributed by atoms with Gasteiger partial charge in [0.25, 0.3) is 5.91 Å². The van der Waals surface area contributed by atoms with E-state index in [9.17, 15) is 9.18 Å². The number of halogens is 1. The van der Waals surface area contributed by atoms with Gasteiger partial charge in [-0.25, -0.2) is 4.39 Å². The summed E-state index contributed by atoms with van der Waals surface area (Å²) >= 11 is 0. The first-order chi connectivity index (χ1) is 14.6. The molecule has 4 bridgehead atoms. The van der Waals surface area contributed by atoms with Gasteiger partial charge < -0.3 is 10.1 Å². The molecule has 4 saturated carbocycles. The van der Waals surface area contributed by atoms with E-state index in [1.807, 2.05) is 18.2 Å². The first-order valence-electron chi connectivity index (χ1n) is 10.8. The fourth-order valence-electron chi connectivity index (χ4n) is 6.45. The summed E-state index contributed by atoms with van der Waals surface area (Å²) in [7, 11) is 0. The van der Waals surface area contributed by atoms with Gasteiger partial charge in [-0.05, 0) is 80.5 Å². The lowest BCUT2D eigenvalue weighted by Crippen LogP contribution is -2.59. The summed E-state index contributed by atoms with van der Waals surface area (Å²) in [6, 6.07) is 11.8. The molecule has 154 valence electrons. The zero-order valence-electron chi connectivity index (χ0n) is 16.7. The number of rotatable bonds is 4. The lowest BCUT2D eigenvalue weighted by molar-refractivity contribution is -0.0167. The molecule has 7 rings (SSSR count). The fraction of sp³-hybridized carbons (Fsp3) is 0.417. The number of carbonyl (C=O) groups is 1. The Labute approximate surface area is 174 Å². The Bertz CT molecular complexity index is 1100. The molecular formula is C24H24FN3O2. The van der Waals surface area contributed by atoms with Crippen molar-refractivity contribution in [3.05, 3.63) is 60.2 Å². The maximum atomic E-state index is 13.6. The van der Waals surface area contributed by atoms with Gasteiger partial charge in [-0.15, -0.1) is 0 Å². The van der Waals surface area contributed by atoms with E-state index in [0.717, 1.165) is 37.0 Å². The van der Waals surface area contributed by atoms with E-state index in [0.29, 0.717) is 17.0 Å². The highest BCUT2D eigenvalue weighted by Gasteiger charge is 2.51. The molecule has 0 radical (unpaired) electrons. The van der Waals surface area contributed by atoms with Crippen molar-refractivity contribution in [1.82, 2.24) is 14.7 Å². The SMILES string of the molecule is O=C(NC12CC3CC(CC(C3)C1)C2)c1nc(Oc2cccc(F)c2)n2ccccc12. The van der Waals surface area contributed by atoms with Crippen molar-refractivity contribution in [2.75, 3.05) is 0 Å². The highest BCUT2D eigenvalue weighted by Crippen LogP contribution is 2.55. The average Bonchev–Trinajstić information content (AvgIpc) is 3.05. The lowest BCUT2D eigenvalue weighted by Gasteiger charge is -2.56. The van der Waals surface area contributed by atoms with E-state index < -0.39 is 0 Å². The van der Waals surface area contributed by atoms with Crippen LogP contribution in [0.2, 0.25) is 0 Å². The van der Waals surface area contributed by atoms with Gasteiger partial charge in [0.05, 0.1) is 5.52 Å². The number of ether oxygens (including phenoxy) is 1. The summed E-state index contributed by atoms with van der Waals surface area (Å²) in [5.41, 5.74) is 0.962. The molecule has 2 aromatic heterocycles. The van der Waals surface area contributed by atoms with Crippen molar-refractivity contribution < 1.29 is 13.9 Å². The molecule has 0 atom stereocenters. The lowest BCUT2D eigenvalue weighted by atomic mass is 9.53. The van der Waals surface area contributed by atoms with Crippen LogP contribution >= 0.6 is 0 Å². The molecule has 0 aliphatic heterocycles. The molecule has 30 heavy (non-hydrogen) atoms. The average molecular weight is 405 g/mol. The summed E-state index contributed by atoms with van der Waals surface area (Å²) in [6.45, 7) is 0. The van der Waals surface area contributed by atoms with Crippen LogP contribution in [-0.2, 0) is 0 Å². The van der Waals surface area contributed by atoms with Crippen LogP contribution < -0.4 is 10.1 Å². The summed E-state index contributed by atoms with van der Waals surface area (Å²) in [5, 5.41) is 3.39. The number of fused-ring (bicyclic) bond motifs is 1. The number of nitrogens with one attached hydrogen (secondary N) is 1. The van der Waals surface area contributed by atoms with Gasteiger partial charge >= 0.3 is 6.01 Å². The molecule has 2 heterocycles. The van der Waals surface area contributed by atoms with Crippen LogP contribution in [0.25, 0.3) is 5.52 Å². The second-order valence-corrected chi connectivity index (χ2v) is 9.41. The smallest absolute Gasteiger partial charge is 0.307 e. The van der Waals surface area contributed by atoms with E-state index in [-0.39, 0.29) is 23.3 Å². The Morgan fingerprint density at radius 3 is 2.50 bits per heavy atom. The van der Waals surface area contributed by atoms with Crippen molar-refractivity contribution in [1.29, 1.82) is 0 Å². The second kappa shape index (κ2) is 6.56. The van der Waals surface area contributed by atoms with Crippen molar-refractivity contribution in [2.45, 2.75) is 44.1 Å².